The number of aromatic hydroxyl groups is 1. The van der Waals surface area contributed by atoms with Crippen LogP contribution < -0.4 is 4.72 Å². The van der Waals surface area contributed by atoms with Crippen LogP contribution in [0.4, 0.5) is 0 Å². The molecule has 0 aliphatic heterocycles. The number of nitrogens with one attached hydrogen (secondary N) is 1. The molecule has 0 aliphatic rings. The van der Waals surface area contributed by atoms with E-state index in [2.05, 4.69) is 4.72 Å². The quantitative estimate of drug-likeness (QED) is 0.849. The van der Waals surface area contributed by atoms with Crippen LogP contribution in [-0.2, 0) is 10.0 Å². The molecule has 1 aromatic rings. The van der Waals surface area contributed by atoms with E-state index in [0.29, 0.717) is 6.42 Å². The van der Waals surface area contributed by atoms with Gasteiger partial charge in [0.25, 0.3) is 0 Å². The summed E-state index contributed by atoms with van der Waals surface area (Å²) in [6, 6.07) is 5.81. The Morgan fingerprint density at radius 3 is 2.35 bits per heavy atom. The highest BCUT2D eigenvalue weighted by Crippen LogP contribution is 2.22. The first-order chi connectivity index (χ1) is 7.88. The summed E-state index contributed by atoms with van der Waals surface area (Å²) in [6.07, 6.45) is 0.713. The summed E-state index contributed by atoms with van der Waals surface area (Å²) >= 11 is 0. The molecule has 0 aliphatic carbocycles. The van der Waals surface area contributed by atoms with Crippen molar-refractivity contribution < 1.29 is 13.5 Å². The predicted molar refractivity (Wildman–Crippen MR) is 67.3 cm³/mol. The topological polar surface area (TPSA) is 66.4 Å². The second kappa shape index (κ2) is 5.51. The van der Waals surface area contributed by atoms with Gasteiger partial charge in [-0.2, -0.15) is 0 Å². The Morgan fingerprint density at radius 2 is 1.88 bits per heavy atom. The zero-order valence-corrected chi connectivity index (χ0v) is 11.2. The van der Waals surface area contributed by atoms with Gasteiger partial charge in [0.15, 0.2) is 0 Å². The molecule has 0 fully saturated rings. The second-order valence-corrected chi connectivity index (χ2v) is 6.03. The van der Waals surface area contributed by atoms with Gasteiger partial charge < -0.3 is 5.11 Å². The first kappa shape index (κ1) is 14.0. The van der Waals surface area contributed by atoms with Crippen LogP contribution in [0.25, 0.3) is 0 Å². The van der Waals surface area contributed by atoms with E-state index in [1.165, 1.54) is 12.1 Å². The van der Waals surface area contributed by atoms with Crippen LogP contribution in [0.5, 0.6) is 5.75 Å². The fourth-order valence-electron chi connectivity index (χ4n) is 1.64. The predicted octanol–water partition coefficient (Wildman–Crippen LogP) is 2.11. The van der Waals surface area contributed by atoms with Gasteiger partial charge in [0.1, 0.15) is 10.6 Å². The molecule has 4 nitrogen and oxygen atoms in total. The lowest BCUT2D eigenvalue weighted by Crippen LogP contribution is -2.37. The van der Waals surface area contributed by atoms with E-state index in [4.69, 9.17) is 0 Å². The molecule has 5 heteroatoms. The van der Waals surface area contributed by atoms with Crippen LogP contribution in [0.15, 0.2) is 29.2 Å². The molecule has 2 N–H and O–H groups in total. The molecule has 0 saturated heterocycles. The molecule has 0 aromatic heterocycles. The number of phenolic OH excluding ortho intramolecular Hbond substituents is 1. The van der Waals surface area contributed by atoms with Gasteiger partial charge >= 0.3 is 0 Å². The highest BCUT2D eigenvalue weighted by Gasteiger charge is 2.23. The van der Waals surface area contributed by atoms with Crippen molar-refractivity contribution in [2.24, 2.45) is 5.92 Å². The summed E-state index contributed by atoms with van der Waals surface area (Å²) in [6.45, 7) is 5.85. The molecule has 0 saturated carbocycles. The van der Waals surface area contributed by atoms with E-state index in [0.717, 1.165) is 0 Å². The number of phenols is 1. The molecular weight excluding hydrogens is 238 g/mol. The Labute approximate surface area is 103 Å². The van der Waals surface area contributed by atoms with Gasteiger partial charge in [0, 0.05) is 6.04 Å². The van der Waals surface area contributed by atoms with E-state index in [1.54, 1.807) is 12.1 Å². The van der Waals surface area contributed by atoms with Gasteiger partial charge in [-0.25, -0.2) is 13.1 Å². The molecule has 0 heterocycles. The maximum absolute atomic E-state index is 12.1. The minimum Gasteiger partial charge on any atom is -0.507 e. The molecular formula is C12H19NO3S. The van der Waals surface area contributed by atoms with Crippen molar-refractivity contribution >= 4 is 10.0 Å². The number of benzene rings is 1. The van der Waals surface area contributed by atoms with Crippen molar-refractivity contribution in [2.75, 3.05) is 0 Å². The zero-order valence-electron chi connectivity index (χ0n) is 10.3. The fraction of sp³-hybridized carbons (Fsp3) is 0.500. The number of rotatable bonds is 5. The van der Waals surface area contributed by atoms with Crippen molar-refractivity contribution in [2.45, 2.75) is 38.1 Å². The van der Waals surface area contributed by atoms with E-state index >= 15 is 0 Å². The van der Waals surface area contributed by atoms with Crippen LogP contribution in [-0.4, -0.2) is 19.6 Å². The van der Waals surface area contributed by atoms with Crippen molar-refractivity contribution in [1.82, 2.24) is 4.72 Å². The Balaban J connectivity index is 3.01. The first-order valence-electron chi connectivity index (χ1n) is 5.68. The molecule has 0 radical (unpaired) electrons. The average molecular weight is 257 g/mol. The number of para-hydroxylation sites is 1. The van der Waals surface area contributed by atoms with E-state index < -0.39 is 10.0 Å². The summed E-state index contributed by atoms with van der Waals surface area (Å²) in [5, 5.41) is 9.55. The number of hydrogen-bond acceptors (Lipinski definition) is 3. The second-order valence-electron chi connectivity index (χ2n) is 4.35. The van der Waals surface area contributed by atoms with Gasteiger partial charge in [-0.3, -0.25) is 0 Å². The lowest BCUT2D eigenvalue weighted by atomic mass is 10.0. The van der Waals surface area contributed by atoms with E-state index in [1.807, 2.05) is 20.8 Å². The molecule has 1 unspecified atom stereocenters. The molecule has 0 amide bonds. The summed E-state index contributed by atoms with van der Waals surface area (Å²) < 4.78 is 26.7. The Morgan fingerprint density at radius 1 is 1.29 bits per heavy atom. The largest absolute Gasteiger partial charge is 0.507 e. The van der Waals surface area contributed by atoms with Gasteiger partial charge in [-0.05, 0) is 24.5 Å². The summed E-state index contributed by atoms with van der Waals surface area (Å²) in [4.78, 5) is -0.0703. The van der Waals surface area contributed by atoms with Crippen molar-refractivity contribution in [1.29, 1.82) is 0 Å². The first-order valence-corrected chi connectivity index (χ1v) is 7.17. The molecule has 1 atom stereocenters. The minimum absolute atomic E-state index is 0.0703. The molecule has 0 bridgehead atoms. The van der Waals surface area contributed by atoms with Gasteiger partial charge in [-0.15, -0.1) is 0 Å². The molecule has 0 spiro atoms. The van der Waals surface area contributed by atoms with Gasteiger partial charge in [0.05, 0.1) is 0 Å². The normalized spacial score (nSPS) is 13.9. The highest BCUT2D eigenvalue weighted by molar-refractivity contribution is 7.89. The lowest BCUT2D eigenvalue weighted by Gasteiger charge is -2.20. The van der Waals surface area contributed by atoms with Crippen LogP contribution in [0.1, 0.15) is 27.2 Å². The number of sulfonamides is 1. The SMILES string of the molecule is CCC(NS(=O)(=O)c1ccccc1O)C(C)C. The monoisotopic (exact) mass is 257 g/mol. The van der Waals surface area contributed by atoms with Crippen LogP contribution >= 0.6 is 0 Å². The maximum Gasteiger partial charge on any atom is 0.244 e. The summed E-state index contributed by atoms with van der Waals surface area (Å²) in [7, 11) is -3.65. The van der Waals surface area contributed by atoms with Gasteiger partial charge in [-0.1, -0.05) is 32.9 Å². The van der Waals surface area contributed by atoms with Crippen molar-refractivity contribution in [3.05, 3.63) is 24.3 Å². The average Bonchev–Trinajstić information content (AvgIpc) is 2.26. The van der Waals surface area contributed by atoms with Crippen LogP contribution in [0, 0.1) is 5.92 Å². The van der Waals surface area contributed by atoms with Crippen molar-refractivity contribution in [3.8, 4) is 5.75 Å². The van der Waals surface area contributed by atoms with Gasteiger partial charge in [0.2, 0.25) is 10.0 Å². The molecule has 96 valence electrons. The third-order valence-corrected chi connectivity index (χ3v) is 4.24. The molecule has 1 rings (SSSR count). The van der Waals surface area contributed by atoms with Crippen LogP contribution in [0.3, 0.4) is 0 Å². The third-order valence-electron chi connectivity index (χ3n) is 2.71. The lowest BCUT2D eigenvalue weighted by molar-refractivity contribution is 0.431. The standard InChI is InChI=1S/C12H19NO3S/c1-4-10(9(2)3)13-17(15,16)12-8-6-5-7-11(12)14/h5-10,13-14H,4H2,1-3H3. The summed E-state index contributed by atoms with van der Waals surface area (Å²) in [5.41, 5.74) is 0. The zero-order chi connectivity index (χ0) is 13.1. The fourth-order valence-corrected chi connectivity index (χ4v) is 3.20. The van der Waals surface area contributed by atoms with Crippen molar-refractivity contribution in [3.63, 3.8) is 0 Å². The summed E-state index contributed by atoms with van der Waals surface area (Å²) in [5.74, 6) is -0.0146. The molecule has 17 heavy (non-hydrogen) atoms. The minimum atomic E-state index is -3.65. The highest BCUT2D eigenvalue weighted by atomic mass is 32.2. The number of hydrogen-bond donors (Lipinski definition) is 2. The van der Waals surface area contributed by atoms with E-state index in [-0.39, 0.29) is 22.6 Å². The Hall–Kier alpha value is -1.07. The third kappa shape index (κ3) is 3.44. The molecule has 1 aromatic carbocycles. The Bertz CT molecular complexity index is 468. The van der Waals surface area contributed by atoms with E-state index in [9.17, 15) is 13.5 Å². The smallest absolute Gasteiger partial charge is 0.244 e. The van der Waals surface area contributed by atoms with Crippen LogP contribution in [0.2, 0.25) is 0 Å². The maximum atomic E-state index is 12.1. The Kier molecular flexibility index (Phi) is 4.54.